The summed E-state index contributed by atoms with van der Waals surface area (Å²) in [4.78, 5) is 2.42. The first kappa shape index (κ1) is 17.8. The second-order valence-corrected chi connectivity index (χ2v) is 4.29. The first-order valence-electron chi connectivity index (χ1n) is 7.43. The standard InChI is InChI=1S/C14H32N2O2/c1-4-16(12-14-18-6-3)11-10-15-9-7-8-13-17-5-2/h15H,4-14H2,1-3H3. The molecule has 0 aliphatic carbocycles. The van der Waals surface area contributed by atoms with Gasteiger partial charge in [0.15, 0.2) is 0 Å². The maximum absolute atomic E-state index is 5.37. The van der Waals surface area contributed by atoms with Gasteiger partial charge in [-0.3, -0.25) is 0 Å². The van der Waals surface area contributed by atoms with Crippen molar-refractivity contribution in [3.05, 3.63) is 0 Å². The zero-order valence-corrected chi connectivity index (χ0v) is 12.5. The molecule has 0 aromatic rings. The highest BCUT2D eigenvalue weighted by atomic mass is 16.5. The van der Waals surface area contributed by atoms with Crippen molar-refractivity contribution in [2.24, 2.45) is 0 Å². The first-order chi connectivity index (χ1) is 8.85. The van der Waals surface area contributed by atoms with Gasteiger partial charge in [-0.25, -0.2) is 0 Å². The second kappa shape index (κ2) is 14.9. The lowest BCUT2D eigenvalue weighted by Gasteiger charge is -2.20. The van der Waals surface area contributed by atoms with Crippen LogP contribution in [0.2, 0.25) is 0 Å². The minimum absolute atomic E-state index is 0.815. The van der Waals surface area contributed by atoms with Gasteiger partial charge < -0.3 is 19.7 Å². The molecule has 0 spiro atoms. The number of unbranched alkanes of at least 4 members (excludes halogenated alkanes) is 1. The molecule has 0 radical (unpaired) electrons. The molecule has 0 aromatic heterocycles. The van der Waals surface area contributed by atoms with Crippen molar-refractivity contribution in [3.8, 4) is 0 Å². The molecule has 0 saturated heterocycles. The summed E-state index contributed by atoms with van der Waals surface area (Å²) in [6.45, 7) is 15.1. The zero-order valence-electron chi connectivity index (χ0n) is 12.5. The van der Waals surface area contributed by atoms with Crippen LogP contribution in [0.15, 0.2) is 0 Å². The Balaban J connectivity index is 3.23. The van der Waals surface area contributed by atoms with E-state index in [2.05, 4.69) is 17.1 Å². The largest absolute Gasteiger partial charge is 0.382 e. The van der Waals surface area contributed by atoms with Crippen LogP contribution in [-0.2, 0) is 9.47 Å². The van der Waals surface area contributed by atoms with Crippen LogP contribution in [0.1, 0.15) is 33.6 Å². The molecule has 0 heterocycles. The molecule has 4 heteroatoms. The van der Waals surface area contributed by atoms with Crippen LogP contribution in [0, 0.1) is 0 Å². The summed E-state index contributed by atoms with van der Waals surface area (Å²) < 4.78 is 10.7. The molecule has 0 bridgehead atoms. The van der Waals surface area contributed by atoms with Crippen molar-refractivity contribution in [1.29, 1.82) is 0 Å². The van der Waals surface area contributed by atoms with Gasteiger partial charge in [0, 0.05) is 39.5 Å². The highest BCUT2D eigenvalue weighted by molar-refractivity contribution is 4.58. The minimum atomic E-state index is 0.815. The van der Waals surface area contributed by atoms with Gasteiger partial charge in [-0.15, -0.1) is 0 Å². The maximum atomic E-state index is 5.37. The number of nitrogens with zero attached hydrogens (tertiary/aromatic N) is 1. The van der Waals surface area contributed by atoms with Gasteiger partial charge in [0.2, 0.25) is 0 Å². The summed E-state index contributed by atoms with van der Waals surface area (Å²) in [5.74, 6) is 0. The molecule has 110 valence electrons. The van der Waals surface area contributed by atoms with Gasteiger partial charge in [-0.05, 0) is 39.8 Å². The molecule has 0 aliphatic heterocycles. The fourth-order valence-corrected chi connectivity index (χ4v) is 1.73. The van der Waals surface area contributed by atoms with E-state index in [4.69, 9.17) is 9.47 Å². The van der Waals surface area contributed by atoms with Crippen LogP contribution < -0.4 is 5.32 Å². The minimum Gasteiger partial charge on any atom is -0.382 e. The predicted octanol–water partition coefficient (Wildman–Crippen LogP) is 1.75. The molecule has 0 atom stereocenters. The molecule has 0 fully saturated rings. The van der Waals surface area contributed by atoms with Gasteiger partial charge in [-0.1, -0.05) is 6.92 Å². The predicted molar refractivity (Wildman–Crippen MR) is 77.2 cm³/mol. The highest BCUT2D eigenvalue weighted by Crippen LogP contribution is 1.90. The van der Waals surface area contributed by atoms with Crippen LogP contribution in [0.4, 0.5) is 0 Å². The van der Waals surface area contributed by atoms with Crippen LogP contribution in [0.3, 0.4) is 0 Å². The van der Waals surface area contributed by atoms with Gasteiger partial charge in [0.05, 0.1) is 6.61 Å². The summed E-state index contributed by atoms with van der Waals surface area (Å²) in [5.41, 5.74) is 0. The van der Waals surface area contributed by atoms with Crippen molar-refractivity contribution in [3.63, 3.8) is 0 Å². The van der Waals surface area contributed by atoms with E-state index in [9.17, 15) is 0 Å². The lowest BCUT2D eigenvalue weighted by atomic mass is 10.3. The van der Waals surface area contributed by atoms with Crippen molar-refractivity contribution < 1.29 is 9.47 Å². The Morgan fingerprint density at radius 1 is 0.833 bits per heavy atom. The number of hydrogen-bond acceptors (Lipinski definition) is 4. The van der Waals surface area contributed by atoms with Crippen LogP contribution in [-0.4, -0.2) is 64.1 Å². The SMILES string of the molecule is CCOCCCCNCCN(CC)CCOCC. The Hall–Kier alpha value is -0.160. The van der Waals surface area contributed by atoms with E-state index >= 15 is 0 Å². The molecule has 0 aromatic carbocycles. The number of rotatable bonds is 14. The Bertz CT molecular complexity index is 157. The Morgan fingerprint density at radius 3 is 2.22 bits per heavy atom. The third kappa shape index (κ3) is 12.3. The summed E-state index contributed by atoms with van der Waals surface area (Å²) in [6, 6.07) is 0. The second-order valence-electron chi connectivity index (χ2n) is 4.29. The number of likely N-dealkylation sites (N-methyl/N-ethyl adjacent to an activating group) is 1. The summed E-state index contributed by atoms with van der Waals surface area (Å²) in [7, 11) is 0. The monoisotopic (exact) mass is 260 g/mol. The molecule has 0 rings (SSSR count). The summed E-state index contributed by atoms with van der Waals surface area (Å²) in [6.07, 6.45) is 2.35. The van der Waals surface area contributed by atoms with Gasteiger partial charge in [-0.2, -0.15) is 0 Å². The average molecular weight is 260 g/mol. The maximum Gasteiger partial charge on any atom is 0.0593 e. The molecule has 0 saturated carbocycles. The normalized spacial score (nSPS) is 11.3. The fraction of sp³-hybridized carbons (Fsp3) is 1.00. The van der Waals surface area contributed by atoms with Gasteiger partial charge >= 0.3 is 0 Å². The molecular formula is C14H32N2O2. The third-order valence-corrected chi connectivity index (χ3v) is 2.90. The lowest BCUT2D eigenvalue weighted by Crippen LogP contribution is -2.34. The Kier molecular flexibility index (Phi) is 14.8. The van der Waals surface area contributed by atoms with Crippen molar-refractivity contribution in [1.82, 2.24) is 10.2 Å². The summed E-state index contributed by atoms with van der Waals surface area (Å²) >= 11 is 0. The molecular weight excluding hydrogens is 228 g/mol. The van der Waals surface area contributed by atoms with Crippen LogP contribution in [0.5, 0.6) is 0 Å². The summed E-state index contributed by atoms with van der Waals surface area (Å²) in [5, 5.41) is 3.48. The topological polar surface area (TPSA) is 33.7 Å². The average Bonchev–Trinajstić information content (AvgIpc) is 2.40. The van der Waals surface area contributed by atoms with Crippen molar-refractivity contribution in [2.45, 2.75) is 33.6 Å². The number of hydrogen-bond donors (Lipinski definition) is 1. The van der Waals surface area contributed by atoms with Crippen LogP contribution >= 0.6 is 0 Å². The highest BCUT2D eigenvalue weighted by Gasteiger charge is 2.00. The van der Waals surface area contributed by atoms with E-state index in [1.165, 1.54) is 6.42 Å². The molecule has 0 amide bonds. The smallest absolute Gasteiger partial charge is 0.0593 e. The lowest BCUT2D eigenvalue weighted by molar-refractivity contribution is 0.115. The first-order valence-corrected chi connectivity index (χ1v) is 7.43. The zero-order chi connectivity index (χ0) is 13.5. The van der Waals surface area contributed by atoms with E-state index in [0.717, 1.165) is 65.6 Å². The Morgan fingerprint density at radius 2 is 1.56 bits per heavy atom. The van der Waals surface area contributed by atoms with Gasteiger partial charge in [0.1, 0.15) is 0 Å². The van der Waals surface area contributed by atoms with E-state index < -0.39 is 0 Å². The van der Waals surface area contributed by atoms with E-state index in [1.807, 2.05) is 13.8 Å². The molecule has 18 heavy (non-hydrogen) atoms. The van der Waals surface area contributed by atoms with Crippen LogP contribution in [0.25, 0.3) is 0 Å². The number of ether oxygens (including phenoxy) is 2. The van der Waals surface area contributed by atoms with Crippen molar-refractivity contribution in [2.75, 3.05) is 59.2 Å². The van der Waals surface area contributed by atoms with Gasteiger partial charge in [0.25, 0.3) is 0 Å². The Labute approximate surface area is 113 Å². The molecule has 0 aliphatic rings. The fourth-order valence-electron chi connectivity index (χ4n) is 1.73. The molecule has 0 unspecified atom stereocenters. The molecule has 4 nitrogen and oxygen atoms in total. The van der Waals surface area contributed by atoms with E-state index in [1.54, 1.807) is 0 Å². The van der Waals surface area contributed by atoms with E-state index in [-0.39, 0.29) is 0 Å². The molecule has 1 N–H and O–H groups in total. The third-order valence-electron chi connectivity index (χ3n) is 2.90. The number of nitrogens with one attached hydrogen (secondary N) is 1. The quantitative estimate of drug-likeness (QED) is 0.483. The van der Waals surface area contributed by atoms with E-state index in [0.29, 0.717) is 0 Å². The van der Waals surface area contributed by atoms with Crippen molar-refractivity contribution >= 4 is 0 Å².